The molecule has 12 heavy (non-hydrogen) atoms. The van der Waals surface area contributed by atoms with Gasteiger partial charge in [-0.15, -0.1) is 0 Å². The zero-order valence-electron chi connectivity index (χ0n) is 8.15. The average molecular weight is 163 g/mol. The molecular weight excluding hydrogens is 146 g/mol. The zero-order chi connectivity index (χ0) is 9.56. The molecule has 0 saturated carbocycles. The third kappa shape index (κ3) is 3.81. The number of allylic oxidation sites excluding steroid dienone is 4. The van der Waals surface area contributed by atoms with Crippen molar-refractivity contribution in [2.24, 2.45) is 0 Å². The van der Waals surface area contributed by atoms with Crippen LogP contribution in [0.4, 0.5) is 0 Å². The van der Waals surface area contributed by atoms with E-state index in [9.17, 15) is 0 Å². The third-order valence-electron chi connectivity index (χ3n) is 1.47. The highest BCUT2D eigenvalue weighted by molar-refractivity contribution is 5.38. The first-order valence-electron chi connectivity index (χ1n) is 3.96. The van der Waals surface area contributed by atoms with Gasteiger partial charge in [0, 0.05) is 12.7 Å². The highest BCUT2D eigenvalue weighted by Gasteiger charge is 1.92. The first-order chi connectivity index (χ1) is 5.61. The highest BCUT2D eigenvalue weighted by Crippen LogP contribution is 2.05. The summed E-state index contributed by atoms with van der Waals surface area (Å²) >= 11 is 0. The predicted molar refractivity (Wildman–Crippen MR) is 55.9 cm³/mol. The number of nitrogens with one attached hydrogen (secondary N) is 1. The minimum absolute atomic E-state index is 0.891. The SMILES string of the molecule is C=C/C(=C\C=C(C)C)C(=C)NC. The van der Waals surface area contributed by atoms with Crippen molar-refractivity contribution < 1.29 is 0 Å². The molecule has 0 bridgehead atoms. The second-order valence-electron chi connectivity index (χ2n) is 2.80. The Morgan fingerprint density at radius 1 is 1.25 bits per heavy atom. The number of hydrogen-bond acceptors (Lipinski definition) is 1. The molecule has 0 rings (SSSR count). The Balaban J connectivity index is 4.55. The van der Waals surface area contributed by atoms with Crippen molar-refractivity contribution in [2.45, 2.75) is 13.8 Å². The first-order valence-corrected chi connectivity index (χ1v) is 3.96. The second-order valence-corrected chi connectivity index (χ2v) is 2.80. The lowest BCUT2D eigenvalue weighted by Gasteiger charge is -2.03. The van der Waals surface area contributed by atoms with Gasteiger partial charge in [0.25, 0.3) is 0 Å². The van der Waals surface area contributed by atoms with Gasteiger partial charge in [-0.3, -0.25) is 0 Å². The van der Waals surface area contributed by atoms with E-state index in [1.807, 2.05) is 19.2 Å². The average Bonchev–Trinajstić information content (AvgIpc) is 2.04. The Morgan fingerprint density at radius 2 is 1.83 bits per heavy atom. The van der Waals surface area contributed by atoms with E-state index in [-0.39, 0.29) is 0 Å². The predicted octanol–water partition coefficient (Wildman–Crippen LogP) is 2.80. The summed E-state index contributed by atoms with van der Waals surface area (Å²) in [5.74, 6) is 0. The van der Waals surface area contributed by atoms with Crippen molar-refractivity contribution in [1.29, 1.82) is 0 Å². The molecule has 0 radical (unpaired) electrons. The van der Waals surface area contributed by atoms with Gasteiger partial charge in [-0.05, 0) is 19.4 Å². The molecule has 0 aliphatic carbocycles. The number of rotatable bonds is 4. The standard InChI is InChI=1S/C11H17N/c1-6-11(10(4)12-5)8-7-9(2)3/h6-8,12H,1,4H2,2-3,5H3/b11-8+. The zero-order valence-corrected chi connectivity index (χ0v) is 8.15. The fourth-order valence-corrected chi connectivity index (χ4v) is 0.693. The van der Waals surface area contributed by atoms with Gasteiger partial charge in [0.1, 0.15) is 0 Å². The van der Waals surface area contributed by atoms with Crippen molar-refractivity contribution >= 4 is 0 Å². The van der Waals surface area contributed by atoms with Crippen LogP contribution >= 0.6 is 0 Å². The lowest BCUT2D eigenvalue weighted by molar-refractivity contribution is 1.02. The minimum atomic E-state index is 0.891. The van der Waals surface area contributed by atoms with Crippen LogP contribution in [0.25, 0.3) is 0 Å². The van der Waals surface area contributed by atoms with Gasteiger partial charge in [-0.2, -0.15) is 0 Å². The minimum Gasteiger partial charge on any atom is -0.388 e. The van der Waals surface area contributed by atoms with Crippen molar-refractivity contribution in [3.05, 3.63) is 48.2 Å². The Morgan fingerprint density at radius 3 is 2.17 bits per heavy atom. The maximum Gasteiger partial charge on any atom is 0.0337 e. The topological polar surface area (TPSA) is 12.0 Å². The highest BCUT2D eigenvalue weighted by atomic mass is 14.8. The van der Waals surface area contributed by atoms with Gasteiger partial charge in [-0.25, -0.2) is 0 Å². The summed E-state index contributed by atoms with van der Waals surface area (Å²) in [6.45, 7) is 11.7. The maximum atomic E-state index is 3.84. The molecule has 0 aliphatic heterocycles. The van der Waals surface area contributed by atoms with E-state index in [1.165, 1.54) is 5.57 Å². The molecule has 1 nitrogen and oxygen atoms in total. The van der Waals surface area contributed by atoms with E-state index in [0.29, 0.717) is 0 Å². The van der Waals surface area contributed by atoms with Crippen LogP contribution in [0.15, 0.2) is 48.2 Å². The summed E-state index contributed by atoms with van der Waals surface area (Å²) in [5, 5.41) is 2.98. The third-order valence-corrected chi connectivity index (χ3v) is 1.47. The number of likely N-dealkylation sites (N-methyl/N-ethyl adjacent to an activating group) is 1. The summed E-state index contributed by atoms with van der Waals surface area (Å²) < 4.78 is 0. The maximum absolute atomic E-state index is 3.84. The van der Waals surface area contributed by atoms with E-state index in [4.69, 9.17) is 0 Å². The normalized spacial score (nSPS) is 10.4. The van der Waals surface area contributed by atoms with E-state index in [0.717, 1.165) is 11.3 Å². The van der Waals surface area contributed by atoms with E-state index < -0.39 is 0 Å². The Labute approximate surface area is 75.2 Å². The molecule has 0 fully saturated rings. The summed E-state index contributed by atoms with van der Waals surface area (Å²) in [6.07, 6.45) is 5.83. The summed E-state index contributed by atoms with van der Waals surface area (Å²) in [6, 6.07) is 0. The van der Waals surface area contributed by atoms with Crippen molar-refractivity contribution in [2.75, 3.05) is 7.05 Å². The Hall–Kier alpha value is -1.24. The molecule has 0 amide bonds. The molecule has 0 aromatic heterocycles. The molecule has 0 spiro atoms. The van der Waals surface area contributed by atoms with Gasteiger partial charge >= 0.3 is 0 Å². The molecule has 1 N–H and O–H groups in total. The first kappa shape index (κ1) is 10.8. The molecule has 0 unspecified atom stereocenters. The van der Waals surface area contributed by atoms with Gasteiger partial charge in [0.15, 0.2) is 0 Å². The lowest BCUT2D eigenvalue weighted by Crippen LogP contribution is -2.05. The van der Waals surface area contributed by atoms with Crippen molar-refractivity contribution in [3.63, 3.8) is 0 Å². The number of hydrogen-bond donors (Lipinski definition) is 1. The Bertz CT molecular complexity index is 227. The van der Waals surface area contributed by atoms with E-state index >= 15 is 0 Å². The van der Waals surface area contributed by atoms with E-state index in [2.05, 4.69) is 32.3 Å². The summed E-state index contributed by atoms with van der Waals surface area (Å²) in [5.41, 5.74) is 3.18. The molecule has 1 heteroatoms. The monoisotopic (exact) mass is 163 g/mol. The molecule has 66 valence electrons. The van der Waals surface area contributed by atoms with Gasteiger partial charge in [-0.1, -0.05) is 37.0 Å². The van der Waals surface area contributed by atoms with Crippen LogP contribution in [0.3, 0.4) is 0 Å². The van der Waals surface area contributed by atoms with Crippen molar-refractivity contribution in [1.82, 2.24) is 5.32 Å². The van der Waals surface area contributed by atoms with Crippen LogP contribution < -0.4 is 5.32 Å². The summed E-state index contributed by atoms with van der Waals surface area (Å²) in [7, 11) is 1.85. The van der Waals surface area contributed by atoms with Gasteiger partial charge in [0.2, 0.25) is 0 Å². The van der Waals surface area contributed by atoms with Crippen LogP contribution in [0.5, 0.6) is 0 Å². The quantitative estimate of drug-likeness (QED) is 0.628. The molecule has 0 atom stereocenters. The van der Waals surface area contributed by atoms with Crippen LogP contribution in [-0.2, 0) is 0 Å². The Kier molecular flexibility index (Phi) is 4.86. The molecule has 0 aromatic carbocycles. The largest absolute Gasteiger partial charge is 0.388 e. The molecular formula is C11H17N. The second kappa shape index (κ2) is 5.42. The van der Waals surface area contributed by atoms with Crippen LogP contribution in [0, 0.1) is 0 Å². The van der Waals surface area contributed by atoms with Crippen LogP contribution in [-0.4, -0.2) is 7.05 Å². The molecule has 0 aliphatic rings. The molecule has 0 aromatic rings. The van der Waals surface area contributed by atoms with Crippen LogP contribution in [0.2, 0.25) is 0 Å². The van der Waals surface area contributed by atoms with Gasteiger partial charge < -0.3 is 5.32 Å². The van der Waals surface area contributed by atoms with Crippen molar-refractivity contribution in [3.8, 4) is 0 Å². The van der Waals surface area contributed by atoms with Gasteiger partial charge in [0.05, 0.1) is 0 Å². The van der Waals surface area contributed by atoms with Crippen LogP contribution in [0.1, 0.15) is 13.8 Å². The molecule has 0 saturated heterocycles. The smallest absolute Gasteiger partial charge is 0.0337 e. The summed E-state index contributed by atoms with van der Waals surface area (Å²) in [4.78, 5) is 0. The van der Waals surface area contributed by atoms with E-state index in [1.54, 1.807) is 6.08 Å². The molecule has 0 heterocycles. The lowest BCUT2D eigenvalue weighted by atomic mass is 10.1. The fraction of sp³-hybridized carbons (Fsp3) is 0.273. The fourth-order valence-electron chi connectivity index (χ4n) is 0.693.